The molecule has 2 heterocycles. The number of thiophene rings is 1. The van der Waals surface area contributed by atoms with Crippen molar-refractivity contribution in [2.45, 2.75) is 26.8 Å². The van der Waals surface area contributed by atoms with E-state index in [0.29, 0.717) is 10.6 Å². The lowest BCUT2D eigenvalue weighted by atomic mass is 10.1. The van der Waals surface area contributed by atoms with Gasteiger partial charge in [-0.25, -0.2) is 8.42 Å². The molecule has 0 bridgehead atoms. The third-order valence-corrected chi connectivity index (χ3v) is 5.75. The second-order valence-electron chi connectivity index (χ2n) is 6.38. The van der Waals surface area contributed by atoms with Crippen LogP contribution in [0.3, 0.4) is 0 Å². The average Bonchev–Trinajstić information content (AvgIpc) is 3.05. The molecule has 25 heavy (non-hydrogen) atoms. The minimum Gasteiger partial charge on any atom is -0.344 e. The predicted molar refractivity (Wildman–Crippen MR) is 104 cm³/mol. The second-order valence-corrected chi connectivity index (χ2v) is 9.19. The Morgan fingerprint density at radius 3 is 2.56 bits per heavy atom. The highest BCUT2D eigenvalue weighted by molar-refractivity contribution is 7.92. The van der Waals surface area contributed by atoms with E-state index in [1.807, 2.05) is 25.1 Å². The lowest BCUT2D eigenvalue weighted by molar-refractivity contribution is 0.607. The van der Waals surface area contributed by atoms with Crippen LogP contribution in [-0.2, 0) is 10.0 Å². The molecule has 0 aliphatic heterocycles. The number of nitriles is 1. The first-order valence-corrected chi connectivity index (χ1v) is 10.5. The van der Waals surface area contributed by atoms with Crippen LogP contribution in [0, 0.1) is 18.3 Å². The van der Waals surface area contributed by atoms with E-state index in [-0.39, 0.29) is 6.04 Å². The zero-order valence-electron chi connectivity index (χ0n) is 14.5. The molecule has 1 aromatic carbocycles. The highest BCUT2D eigenvalue weighted by Gasteiger charge is 2.17. The molecule has 0 unspecified atom stereocenters. The first kappa shape index (κ1) is 17.5. The molecule has 3 rings (SSSR count). The van der Waals surface area contributed by atoms with Gasteiger partial charge in [-0.3, -0.25) is 4.72 Å². The van der Waals surface area contributed by atoms with Crippen LogP contribution in [-0.4, -0.2) is 19.2 Å². The lowest BCUT2D eigenvalue weighted by Gasteiger charge is -2.10. The maximum Gasteiger partial charge on any atom is 0.229 e. The third kappa shape index (κ3) is 3.41. The van der Waals surface area contributed by atoms with Crippen LogP contribution in [0.2, 0.25) is 0 Å². The molecule has 1 N–H and O–H groups in total. The van der Waals surface area contributed by atoms with Crippen molar-refractivity contribution in [1.82, 2.24) is 4.57 Å². The number of benzene rings is 1. The molecule has 130 valence electrons. The molecule has 3 aromatic rings. The van der Waals surface area contributed by atoms with Crippen molar-refractivity contribution < 1.29 is 8.42 Å². The molecule has 0 atom stereocenters. The summed E-state index contributed by atoms with van der Waals surface area (Å²) in [7, 11) is -3.32. The van der Waals surface area contributed by atoms with Gasteiger partial charge in [-0.05, 0) is 44.5 Å². The standard InChI is InChI=1S/C18H19N3O2S2/c1-11(2)21-10-16(18-12(3)7-14(9-19)24-18)15-6-5-13(8-17(15)21)20-25(4,22)23/h5-8,10-11,20H,1-4H3. The van der Waals surface area contributed by atoms with Gasteiger partial charge in [0.15, 0.2) is 0 Å². The summed E-state index contributed by atoms with van der Waals surface area (Å²) >= 11 is 1.48. The number of hydrogen-bond acceptors (Lipinski definition) is 4. The fourth-order valence-corrected chi connectivity index (χ4v) is 4.49. The number of anilines is 1. The van der Waals surface area contributed by atoms with Crippen LogP contribution in [0.1, 0.15) is 30.3 Å². The molecule has 0 amide bonds. The first-order chi connectivity index (χ1) is 11.7. The monoisotopic (exact) mass is 373 g/mol. The Morgan fingerprint density at radius 1 is 1.28 bits per heavy atom. The van der Waals surface area contributed by atoms with E-state index in [4.69, 9.17) is 5.26 Å². The van der Waals surface area contributed by atoms with Crippen LogP contribution in [0.5, 0.6) is 0 Å². The van der Waals surface area contributed by atoms with Crippen LogP contribution in [0.4, 0.5) is 5.69 Å². The topological polar surface area (TPSA) is 74.9 Å². The third-order valence-electron chi connectivity index (χ3n) is 3.97. The van der Waals surface area contributed by atoms with E-state index < -0.39 is 10.0 Å². The number of sulfonamides is 1. The van der Waals surface area contributed by atoms with Gasteiger partial charge >= 0.3 is 0 Å². The summed E-state index contributed by atoms with van der Waals surface area (Å²) in [4.78, 5) is 1.76. The SMILES string of the molecule is Cc1cc(C#N)sc1-c1cn(C(C)C)c2cc(NS(C)(=O)=O)ccc12. The van der Waals surface area contributed by atoms with Crippen molar-refractivity contribution in [3.63, 3.8) is 0 Å². The molecular formula is C18H19N3O2S2. The van der Waals surface area contributed by atoms with Gasteiger partial charge in [-0.15, -0.1) is 11.3 Å². The van der Waals surface area contributed by atoms with Gasteiger partial charge in [-0.2, -0.15) is 5.26 Å². The highest BCUT2D eigenvalue weighted by Crippen LogP contribution is 2.39. The van der Waals surface area contributed by atoms with Crippen LogP contribution >= 0.6 is 11.3 Å². The summed E-state index contributed by atoms with van der Waals surface area (Å²) in [6.45, 7) is 6.18. The Morgan fingerprint density at radius 2 is 2.00 bits per heavy atom. The van der Waals surface area contributed by atoms with Crippen molar-refractivity contribution in [3.05, 3.63) is 40.9 Å². The van der Waals surface area contributed by atoms with Crippen molar-refractivity contribution in [1.29, 1.82) is 5.26 Å². The van der Waals surface area contributed by atoms with Crippen molar-refractivity contribution in [2.24, 2.45) is 0 Å². The molecule has 0 saturated carbocycles. The minimum absolute atomic E-state index is 0.223. The van der Waals surface area contributed by atoms with Gasteiger partial charge in [0.25, 0.3) is 0 Å². The molecule has 0 aliphatic rings. The Labute approximate surface area is 151 Å². The Hall–Kier alpha value is -2.30. The number of rotatable bonds is 4. The van der Waals surface area contributed by atoms with E-state index in [0.717, 1.165) is 33.2 Å². The summed E-state index contributed by atoms with van der Waals surface area (Å²) in [5.74, 6) is 0. The van der Waals surface area contributed by atoms with Crippen molar-refractivity contribution >= 4 is 38.0 Å². The second kappa shape index (κ2) is 6.21. The zero-order valence-corrected chi connectivity index (χ0v) is 16.1. The van der Waals surface area contributed by atoms with Crippen LogP contribution in [0.25, 0.3) is 21.3 Å². The molecule has 0 saturated heterocycles. The Balaban J connectivity index is 2.24. The quantitative estimate of drug-likeness (QED) is 0.731. The maximum atomic E-state index is 11.5. The molecule has 7 heteroatoms. The number of fused-ring (bicyclic) bond motifs is 1. The molecule has 0 radical (unpaired) electrons. The van der Waals surface area contributed by atoms with Crippen molar-refractivity contribution in [3.8, 4) is 16.5 Å². The first-order valence-electron chi connectivity index (χ1n) is 7.83. The maximum absolute atomic E-state index is 11.5. The zero-order chi connectivity index (χ0) is 18.4. The van der Waals surface area contributed by atoms with E-state index >= 15 is 0 Å². The number of hydrogen-bond donors (Lipinski definition) is 1. The van der Waals surface area contributed by atoms with Gasteiger partial charge < -0.3 is 4.57 Å². The smallest absolute Gasteiger partial charge is 0.229 e. The number of aromatic nitrogens is 1. The molecule has 5 nitrogen and oxygen atoms in total. The van der Waals surface area contributed by atoms with Crippen LogP contribution < -0.4 is 4.72 Å². The molecule has 0 aliphatic carbocycles. The largest absolute Gasteiger partial charge is 0.344 e. The van der Waals surface area contributed by atoms with Crippen LogP contribution in [0.15, 0.2) is 30.5 Å². The highest BCUT2D eigenvalue weighted by atomic mass is 32.2. The van der Waals surface area contributed by atoms with Gasteiger partial charge in [0.2, 0.25) is 10.0 Å². The molecule has 0 fully saturated rings. The fraction of sp³-hybridized carbons (Fsp3) is 0.278. The fourth-order valence-electron chi connectivity index (χ4n) is 2.94. The van der Waals surface area contributed by atoms with Gasteiger partial charge in [0.1, 0.15) is 10.9 Å². The average molecular weight is 374 g/mol. The van der Waals surface area contributed by atoms with Gasteiger partial charge in [-0.1, -0.05) is 6.07 Å². The molecular weight excluding hydrogens is 354 g/mol. The van der Waals surface area contributed by atoms with E-state index in [9.17, 15) is 8.42 Å². The number of nitrogens with zero attached hydrogens (tertiary/aromatic N) is 2. The van der Waals surface area contributed by atoms with Gasteiger partial charge in [0.05, 0.1) is 17.5 Å². The molecule has 2 aromatic heterocycles. The Kier molecular flexibility index (Phi) is 4.35. The summed E-state index contributed by atoms with van der Waals surface area (Å²) in [6, 6.07) is 9.89. The van der Waals surface area contributed by atoms with E-state index in [2.05, 4.69) is 35.4 Å². The molecule has 0 spiro atoms. The van der Waals surface area contributed by atoms with Gasteiger partial charge in [0, 0.05) is 28.1 Å². The van der Waals surface area contributed by atoms with Crippen molar-refractivity contribution in [2.75, 3.05) is 11.0 Å². The van der Waals surface area contributed by atoms with E-state index in [1.165, 1.54) is 11.3 Å². The van der Waals surface area contributed by atoms with E-state index in [1.54, 1.807) is 6.07 Å². The number of aryl methyl sites for hydroxylation is 1. The number of nitrogens with one attached hydrogen (secondary N) is 1. The Bertz CT molecular complexity index is 1100. The summed E-state index contributed by atoms with van der Waals surface area (Å²) < 4.78 is 27.7. The lowest BCUT2D eigenvalue weighted by Crippen LogP contribution is -2.09. The minimum atomic E-state index is -3.32. The summed E-state index contributed by atoms with van der Waals surface area (Å²) in [6.07, 6.45) is 3.22. The summed E-state index contributed by atoms with van der Waals surface area (Å²) in [5.41, 5.74) is 3.65. The predicted octanol–water partition coefficient (Wildman–Crippen LogP) is 4.50. The normalized spacial score (nSPS) is 11.8. The summed E-state index contributed by atoms with van der Waals surface area (Å²) in [5, 5.41) is 10.2.